The maximum Gasteiger partial charge on any atom is 0.191 e. The fourth-order valence-electron chi connectivity index (χ4n) is 2.52. The Morgan fingerprint density at radius 2 is 1.89 bits per heavy atom. The Labute approximate surface area is 184 Å². The van der Waals surface area contributed by atoms with Crippen molar-refractivity contribution in [3.63, 3.8) is 0 Å². The molecule has 1 heterocycles. The van der Waals surface area contributed by atoms with Crippen molar-refractivity contribution < 1.29 is 4.74 Å². The van der Waals surface area contributed by atoms with E-state index in [1.54, 1.807) is 18.4 Å². The van der Waals surface area contributed by atoms with E-state index >= 15 is 0 Å². The zero-order chi connectivity index (χ0) is 19.0. The van der Waals surface area contributed by atoms with E-state index in [0.29, 0.717) is 6.54 Å². The highest BCUT2D eigenvalue weighted by Crippen LogP contribution is 2.24. The number of aryl methyl sites for hydroxylation is 1. The summed E-state index contributed by atoms with van der Waals surface area (Å²) in [7, 11) is 1.69. The molecule has 0 amide bonds. The minimum absolute atomic E-state index is 0. The van der Waals surface area contributed by atoms with Gasteiger partial charge in [-0.05, 0) is 31.0 Å². The lowest BCUT2D eigenvalue weighted by Crippen LogP contribution is -2.43. The van der Waals surface area contributed by atoms with Gasteiger partial charge in [-0.3, -0.25) is 0 Å². The molecule has 0 aliphatic carbocycles. The monoisotopic (exact) mass is 502 g/mol. The van der Waals surface area contributed by atoms with Crippen molar-refractivity contribution in [3.8, 4) is 5.75 Å². The number of hydrogen-bond donors (Lipinski definition) is 2. The summed E-state index contributed by atoms with van der Waals surface area (Å²) in [6.45, 7) is 10.9. The molecule has 0 spiro atoms. The summed E-state index contributed by atoms with van der Waals surface area (Å²) in [4.78, 5) is 10.4. The van der Waals surface area contributed by atoms with Crippen LogP contribution in [0.4, 0.5) is 0 Å². The molecule has 0 radical (unpaired) electrons. The lowest BCUT2D eigenvalue weighted by Gasteiger charge is -2.27. The highest BCUT2D eigenvalue weighted by atomic mass is 127. The Kier molecular flexibility index (Phi) is 10.1. The van der Waals surface area contributed by atoms with Gasteiger partial charge in [0.05, 0.1) is 13.7 Å². The molecule has 0 atom stereocenters. The maximum atomic E-state index is 5.25. The molecule has 150 valence electrons. The lowest BCUT2D eigenvalue weighted by atomic mass is 9.84. The van der Waals surface area contributed by atoms with E-state index in [-0.39, 0.29) is 29.4 Å². The van der Waals surface area contributed by atoms with Crippen molar-refractivity contribution in [2.24, 2.45) is 4.99 Å². The van der Waals surface area contributed by atoms with E-state index in [2.05, 4.69) is 60.4 Å². The van der Waals surface area contributed by atoms with Gasteiger partial charge in [0.15, 0.2) is 5.96 Å². The summed E-state index contributed by atoms with van der Waals surface area (Å²) in [6.07, 6.45) is 2.97. The first kappa shape index (κ1) is 23.7. The molecule has 0 aliphatic rings. The number of benzene rings is 1. The molecule has 0 unspecified atom stereocenters. The van der Waals surface area contributed by atoms with Crippen LogP contribution in [-0.2, 0) is 18.4 Å². The molecule has 1 aromatic carbocycles. The summed E-state index contributed by atoms with van der Waals surface area (Å²) >= 11 is 1.73. The molecule has 2 aromatic rings. The number of nitrogens with zero attached hydrogens (tertiary/aromatic N) is 2. The molecule has 0 saturated carbocycles. The second kappa shape index (κ2) is 11.5. The van der Waals surface area contributed by atoms with E-state index in [9.17, 15) is 0 Å². The number of methoxy groups -OCH3 is 1. The molecule has 0 saturated heterocycles. The van der Waals surface area contributed by atoms with Crippen molar-refractivity contribution in [1.29, 1.82) is 0 Å². The summed E-state index contributed by atoms with van der Waals surface area (Å²) in [5.41, 5.74) is 1.23. The van der Waals surface area contributed by atoms with Crippen LogP contribution in [0.3, 0.4) is 0 Å². The Balaban J connectivity index is 0.00000364. The van der Waals surface area contributed by atoms with Crippen molar-refractivity contribution in [3.05, 3.63) is 45.9 Å². The van der Waals surface area contributed by atoms with Crippen LogP contribution in [0.5, 0.6) is 5.75 Å². The molecule has 2 rings (SSSR count). The SMILES string of the molecule is CCNC(=NCc1ncc(CC)s1)NCC(C)(C)c1ccc(OC)cc1.I. The number of halogens is 1. The minimum Gasteiger partial charge on any atom is -0.497 e. The molecule has 0 bridgehead atoms. The van der Waals surface area contributed by atoms with E-state index in [0.717, 1.165) is 36.2 Å². The van der Waals surface area contributed by atoms with Gasteiger partial charge >= 0.3 is 0 Å². The first-order chi connectivity index (χ1) is 12.5. The van der Waals surface area contributed by atoms with Gasteiger partial charge in [-0.1, -0.05) is 32.9 Å². The molecule has 7 heteroatoms. The van der Waals surface area contributed by atoms with E-state index in [1.165, 1.54) is 10.4 Å². The van der Waals surface area contributed by atoms with Crippen molar-refractivity contribution >= 4 is 41.3 Å². The van der Waals surface area contributed by atoms with Crippen LogP contribution in [0, 0.1) is 0 Å². The van der Waals surface area contributed by atoms with Gasteiger partial charge in [-0.2, -0.15) is 0 Å². The number of nitrogens with one attached hydrogen (secondary N) is 2. The fraction of sp³-hybridized carbons (Fsp3) is 0.500. The molecular weight excluding hydrogens is 471 g/mol. The van der Waals surface area contributed by atoms with Crippen molar-refractivity contribution in [1.82, 2.24) is 15.6 Å². The largest absolute Gasteiger partial charge is 0.497 e. The summed E-state index contributed by atoms with van der Waals surface area (Å²) < 4.78 is 5.25. The van der Waals surface area contributed by atoms with Gasteiger partial charge in [-0.25, -0.2) is 9.98 Å². The number of ether oxygens (including phenoxy) is 1. The number of hydrogen-bond acceptors (Lipinski definition) is 4. The fourth-order valence-corrected chi connectivity index (χ4v) is 3.31. The third-order valence-corrected chi connectivity index (χ3v) is 5.36. The molecule has 0 fully saturated rings. The van der Waals surface area contributed by atoms with Gasteiger partial charge in [0, 0.05) is 29.6 Å². The zero-order valence-corrected chi connectivity index (χ0v) is 20.0. The Hall–Kier alpha value is -1.35. The Morgan fingerprint density at radius 3 is 2.44 bits per heavy atom. The number of aliphatic imine (C=N–C) groups is 1. The van der Waals surface area contributed by atoms with Gasteiger partial charge in [0.1, 0.15) is 10.8 Å². The summed E-state index contributed by atoms with van der Waals surface area (Å²) in [5, 5.41) is 7.82. The standard InChI is InChI=1S/C20H30N4OS.HI/c1-6-17-12-22-18(26-17)13-23-19(21-7-2)24-14-20(3,4)15-8-10-16(25-5)11-9-15;/h8-12H,6-7,13-14H2,1-5H3,(H2,21,23,24);1H. The normalized spacial score (nSPS) is 11.7. The third-order valence-electron chi connectivity index (χ3n) is 4.24. The maximum absolute atomic E-state index is 5.25. The van der Waals surface area contributed by atoms with Crippen LogP contribution >= 0.6 is 35.3 Å². The van der Waals surface area contributed by atoms with Gasteiger partial charge in [-0.15, -0.1) is 35.3 Å². The molecule has 0 aliphatic heterocycles. The average molecular weight is 502 g/mol. The van der Waals surface area contributed by atoms with Crippen molar-refractivity contribution in [2.45, 2.75) is 46.1 Å². The highest BCUT2D eigenvalue weighted by Gasteiger charge is 2.21. The molecular formula is C20H31IN4OS. The molecule has 27 heavy (non-hydrogen) atoms. The van der Waals surface area contributed by atoms with Gasteiger partial charge in [0.2, 0.25) is 0 Å². The van der Waals surface area contributed by atoms with E-state index < -0.39 is 0 Å². The third kappa shape index (κ3) is 7.29. The number of guanidine groups is 1. The zero-order valence-electron chi connectivity index (χ0n) is 16.8. The van der Waals surface area contributed by atoms with E-state index in [4.69, 9.17) is 4.74 Å². The van der Waals surface area contributed by atoms with Crippen LogP contribution in [0.15, 0.2) is 35.5 Å². The predicted molar refractivity (Wildman–Crippen MR) is 126 cm³/mol. The smallest absolute Gasteiger partial charge is 0.191 e. The van der Waals surface area contributed by atoms with Crippen LogP contribution in [0.25, 0.3) is 0 Å². The average Bonchev–Trinajstić information content (AvgIpc) is 3.12. The second-order valence-electron chi connectivity index (χ2n) is 6.73. The first-order valence-electron chi connectivity index (χ1n) is 9.08. The molecule has 5 nitrogen and oxygen atoms in total. The Morgan fingerprint density at radius 1 is 1.19 bits per heavy atom. The quantitative estimate of drug-likeness (QED) is 0.320. The van der Waals surface area contributed by atoms with E-state index in [1.807, 2.05) is 18.3 Å². The second-order valence-corrected chi connectivity index (χ2v) is 7.93. The summed E-state index contributed by atoms with van der Waals surface area (Å²) in [5.74, 6) is 1.70. The number of rotatable bonds is 8. The summed E-state index contributed by atoms with van der Waals surface area (Å²) in [6, 6.07) is 8.24. The molecule has 1 aromatic heterocycles. The highest BCUT2D eigenvalue weighted by molar-refractivity contribution is 14.0. The number of thiazole rings is 1. The minimum atomic E-state index is -0.0287. The van der Waals surface area contributed by atoms with Crippen molar-refractivity contribution in [2.75, 3.05) is 20.2 Å². The van der Waals surface area contributed by atoms with Crippen LogP contribution in [-0.4, -0.2) is 31.1 Å². The lowest BCUT2D eigenvalue weighted by molar-refractivity contribution is 0.414. The number of aromatic nitrogens is 1. The Bertz CT molecular complexity index is 713. The van der Waals surface area contributed by atoms with Crippen LogP contribution < -0.4 is 15.4 Å². The topological polar surface area (TPSA) is 58.5 Å². The van der Waals surface area contributed by atoms with Gasteiger partial charge in [0.25, 0.3) is 0 Å². The molecule has 2 N–H and O–H groups in total. The van der Waals surface area contributed by atoms with Crippen LogP contribution in [0.1, 0.15) is 43.1 Å². The van der Waals surface area contributed by atoms with Crippen LogP contribution in [0.2, 0.25) is 0 Å². The van der Waals surface area contributed by atoms with Gasteiger partial charge < -0.3 is 15.4 Å². The first-order valence-corrected chi connectivity index (χ1v) is 9.90. The predicted octanol–water partition coefficient (Wildman–Crippen LogP) is 4.37.